The SMILES string of the molecule is Cc1nc(CCNC(=O)C(C)Oc2cc(C)c(Cl)c(C)c2)cs1. The van der Waals surface area contributed by atoms with Crippen molar-refractivity contribution in [3.63, 3.8) is 0 Å². The van der Waals surface area contributed by atoms with Crippen LogP contribution in [0.3, 0.4) is 0 Å². The van der Waals surface area contributed by atoms with Gasteiger partial charge in [0.2, 0.25) is 0 Å². The molecule has 1 heterocycles. The van der Waals surface area contributed by atoms with Crippen molar-refractivity contribution in [2.45, 2.75) is 40.2 Å². The van der Waals surface area contributed by atoms with E-state index < -0.39 is 6.10 Å². The highest BCUT2D eigenvalue weighted by atomic mass is 35.5. The summed E-state index contributed by atoms with van der Waals surface area (Å²) in [7, 11) is 0. The van der Waals surface area contributed by atoms with Gasteiger partial charge in [-0.3, -0.25) is 4.79 Å². The summed E-state index contributed by atoms with van der Waals surface area (Å²) < 4.78 is 5.72. The van der Waals surface area contributed by atoms with Gasteiger partial charge in [0, 0.05) is 23.4 Å². The van der Waals surface area contributed by atoms with E-state index in [0.717, 1.165) is 33.3 Å². The molecule has 1 amide bonds. The Balaban J connectivity index is 1.85. The Labute approximate surface area is 145 Å². The van der Waals surface area contributed by atoms with Crippen LogP contribution in [0.2, 0.25) is 5.02 Å². The van der Waals surface area contributed by atoms with Gasteiger partial charge in [-0.1, -0.05) is 11.6 Å². The standard InChI is InChI=1S/C17H21ClN2O2S/c1-10-7-15(8-11(2)16(10)18)22-12(3)17(21)19-6-5-14-9-23-13(4)20-14/h7-9,12H,5-6H2,1-4H3,(H,19,21). The maximum atomic E-state index is 12.1. The fraction of sp³-hybridized carbons (Fsp3) is 0.412. The van der Waals surface area contributed by atoms with Gasteiger partial charge in [0.05, 0.1) is 10.7 Å². The minimum Gasteiger partial charge on any atom is -0.481 e. The molecule has 1 unspecified atom stereocenters. The number of amides is 1. The molecule has 0 radical (unpaired) electrons. The Hall–Kier alpha value is -1.59. The molecule has 1 atom stereocenters. The van der Waals surface area contributed by atoms with Crippen LogP contribution < -0.4 is 10.1 Å². The number of carbonyl (C=O) groups is 1. The van der Waals surface area contributed by atoms with E-state index >= 15 is 0 Å². The van der Waals surface area contributed by atoms with E-state index in [-0.39, 0.29) is 5.91 Å². The van der Waals surface area contributed by atoms with Crippen LogP contribution in [0.4, 0.5) is 0 Å². The van der Waals surface area contributed by atoms with Crippen LogP contribution in [-0.4, -0.2) is 23.5 Å². The van der Waals surface area contributed by atoms with Crippen LogP contribution >= 0.6 is 22.9 Å². The van der Waals surface area contributed by atoms with Crippen molar-refractivity contribution < 1.29 is 9.53 Å². The topological polar surface area (TPSA) is 51.2 Å². The highest BCUT2D eigenvalue weighted by molar-refractivity contribution is 7.09. The smallest absolute Gasteiger partial charge is 0.260 e. The first-order valence-electron chi connectivity index (χ1n) is 7.49. The van der Waals surface area contributed by atoms with E-state index in [1.165, 1.54) is 0 Å². The van der Waals surface area contributed by atoms with E-state index in [0.29, 0.717) is 12.3 Å². The third kappa shape index (κ3) is 4.94. The number of aryl methyl sites for hydroxylation is 3. The largest absolute Gasteiger partial charge is 0.481 e. The number of nitrogens with zero attached hydrogens (tertiary/aromatic N) is 1. The lowest BCUT2D eigenvalue weighted by Gasteiger charge is -2.16. The molecule has 4 nitrogen and oxygen atoms in total. The molecule has 6 heteroatoms. The lowest BCUT2D eigenvalue weighted by Crippen LogP contribution is -2.37. The molecule has 1 aromatic carbocycles. The Kier molecular flexibility index (Phi) is 6.02. The molecule has 0 fully saturated rings. The Morgan fingerprint density at radius 3 is 2.57 bits per heavy atom. The molecule has 2 rings (SSSR count). The number of halogens is 1. The molecular formula is C17H21ClN2O2S. The lowest BCUT2D eigenvalue weighted by molar-refractivity contribution is -0.127. The number of ether oxygens (including phenoxy) is 1. The molecule has 0 aliphatic rings. The molecule has 0 saturated heterocycles. The third-order valence-corrected chi connectivity index (χ3v) is 4.86. The third-order valence-electron chi connectivity index (χ3n) is 3.44. The van der Waals surface area contributed by atoms with Crippen molar-refractivity contribution in [3.05, 3.63) is 44.4 Å². The summed E-state index contributed by atoms with van der Waals surface area (Å²) >= 11 is 7.75. The fourth-order valence-electron chi connectivity index (χ4n) is 2.21. The summed E-state index contributed by atoms with van der Waals surface area (Å²) in [4.78, 5) is 16.5. The highest BCUT2D eigenvalue weighted by Crippen LogP contribution is 2.26. The van der Waals surface area contributed by atoms with Gasteiger partial charge in [-0.2, -0.15) is 0 Å². The Morgan fingerprint density at radius 2 is 2.00 bits per heavy atom. The number of benzene rings is 1. The van der Waals surface area contributed by atoms with Crippen molar-refractivity contribution >= 4 is 28.8 Å². The maximum Gasteiger partial charge on any atom is 0.260 e. The van der Waals surface area contributed by atoms with E-state index in [1.807, 2.05) is 38.3 Å². The van der Waals surface area contributed by atoms with Crippen molar-refractivity contribution in [1.29, 1.82) is 0 Å². The van der Waals surface area contributed by atoms with Gasteiger partial charge in [-0.05, 0) is 51.0 Å². The van der Waals surface area contributed by atoms with Crippen LogP contribution in [0.25, 0.3) is 0 Å². The van der Waals surface area contributed by atoms with Crippen molar-refractivity contribution in [2.24, 2.45) is 0 Å². The molecule has 0 bridgehead atoms. The summed E-state index contributed by atoms with van der Waals surface area (Å²) in [5.74, 6) is 0.518. The van der Waals surface area contributed by atoms with Crippen LogP contribution in [0.1, 0.15) is 28.8 Å². The molecule has 124 valence electrons. The predicted octanol–water partition coefficient (Wildman–Crippen LogP) is 3.85. The van der Waals surface area contributed by atoms with Crippen LogP contribution in [0.5, 0.6) is 5.75 Å². The molecule has 0 aliphatic carbocycles. The van der Waals surface area contributed by atoms with Crippen LogP contribution in [0, 0.1) is 20.8 Å². The van der Waals surface area contributed by atoms with Crippen molar-refractivity contribution in [3.8, 4) is 5.75 Å². The molecule has 1 aromatic heterocycles. The number of hydrogen-bond donors (Lipinski definition) is 1. The van der Waals surface area contributed by atoms with Gasteiger partial charge in [0.25, 0.3) is 5.91 Å². The summed E-state index contributed by atoms with van der Waals surface area (Å²) in [6.45, 7) is 8.10. The van der Waals surface area contributed by atoms with E-state index in [2.05, 4.69) is 10.3 Å². The summed E-state index contributed by atoms with van der Waals surface area (Å²) in [6, 6.07) is 3.69. The molecule has 1 N–H and O–H groups in total. The second-order valence-electron chi connectivity index (χ2n) is 5.53. The molecule has 0 spiro atoms. The second kappa shape index (κ2) is 7.79. The zero-order valence-corrected chi connectivity index (χ0v) is 15.3. The minimum absolute atomic E-state index is 0.137. The first-order chi connectivity index (χ1) is 10.9. The van der Waals surface area contributed by atoms with Crippen LogP contribution in [0.15, 0.2) is 17.5 Å². The van der Waals surface area contributed by atoms with Crippen molar-refractivity contribution in [1.82, 2.24) is 10.3 Å². The van der Waals surface area contributed by atoms with Crippen molar-refractivity contribution in [2.75, 3.05) is 6.54 Å². The van der Waals surface area contributed by atoms with Gasteiger partial charge < -0.3 is 10.1 Å². The number of thiazole rings is 1. The number of aromatic nitrogens is 1. The monoisotopic (exact) mass is 352 g/mol. The molecule has 23 heavy (non-hydrogen) atoms. The molecular weight excluding hydrogens is 332 g/mol. The van der Waals surface area contributed by atoms with E-state index in [9.17, 15) is 4.79 Å². The van der Waals surface area contributed by atoms with Gasteiger partial charge in [-0.25, -0.2) is 4.98 Å². The van der Waals surface area contributed by atoms with Gasteiger partial charge in [0.15, 0.2) is 6.10 Å². The average Bonchev–Trinajstić information content (AvgIpc) is 2.90. The number of carbonyl (C=O) groups excluding carboxylic acids is 1. The number of hydrogen-bond acceptors (Lipinski definition) is 4. The average molecular weight is 353 g/mol. The first-order valence-corrected chi connectivity index (χ1v) is 8.74. The summed E-state index contributed by atoms with van der Waals surface area (Å²) in [5, 5.41) is 6.66. The number of nitrogens with one attached hydrogen (secondary N) is 1. The van der Waals surface area contributed by atoms with E-state index in [1.54, 1.807) is 18.3 Å². The maximum absolute atomic E-state index is 12.1. The highest BCUT2D eigenvalue weighted by Gasteiger charge is 2.15. The number of rotatable bonds is 6. The van der Waals surface area contributed by atoms with Crippen LogP contribution in [-0.2, 0) is 11.2 Å². The summed E-state index contributed by atoms with van der Waals surface area (Å²) in [6.07, 6.45) is 0.161. The molecule has 2 aromatic rings. The Morgan fingerprint density at radius 1 is 1.35 bits per heavy atom. The fourth-order valence-corrected chi connectivity index (χ4v) is 2.97. The zero-order chi connectivity index (χ0) is 17.0. The molecule has 0 aliphatic heterocycles. The second-order valence-corrected chi connectivity index (χ2v) is 6.97. The minimum atomic E-state index is -0.563. The van der Waals surface area contributed by atoms with Gasteiger partial charge >= 0.3 is 0 Å². The first kappa shape index (κ1) is 17.8. The summed E-state index contributed by atoms with van der Waals surface area (Å²) in [5.41, 5.74) is 2.88. The molecule has 0 saturated carbocycles. The van der Waals surface area contributed by atoms with Gasteiger partial charge in [0.1, 0.15) is 5.75 Å². The quantitative estimate of drug-likeness (QED) is 0.859. The van der Waals surface area contributed by atoms with E-state index in [4.69, 9.17) is 16.3 Å². The van der Waals surface area contributed by atoms with Gasteiger partial charge in [-0.15, -0.1) is 11.3 Å². The zero-order valence-electron chi connectivity index (χ0n) is 13.8. The lowest BCUT2D eigenvalue weighted by atomic mass is 10.1. The predicted molar refractivity (Wildman–Crippen MR) is 94.6 cm³/mol. The normalized spacial score (nSPS) is 12.0. The Bertz CT molecular complexity index is 677.